The van der Waals surface area contributed by atoms with Crippen molar-refractivity contribution in [1.29, 1.82) is 0 Å². The van der Waals surface area contributed by atoms with Crippen molar-refractivity contribution < 1.29 is 14.7 Å². The first kappa shape index (κ1) is 24.8. The number of hydrogen-bond donors (Lipinski definition) is 1. The van der Waals surface area contributed by atoms with E-state index in [1.165, 1.54) is 19.3 Å². The number of carbonyl (C=O) groups excluding carboxylic acids is 1. The molecule has 7 nitrogen and oxygen atoms in total. The number of aromatic nitrogens is 4. The molecule has 0 amide bonds. The number of benzene rings is 1. The van der Waals surface area contributed by atoms with Crippen LogP contribution in [0.25, 0.3) is 11.1 Å². The van der Waals surface area contributed by atoms with Crippen molar-refractivity contribution in [2.24, 2.45) is 5.92 Å². The zero-order chi connectivity index (χ0) is 24.6. The van der Waals surface area contributed by atoms with Gasteiger partial charge >= 0.3 is 5.97 Å². The highest BCUT2D eigenvalue weighted by atomic mass is 16.4. The lowest BCUT2D eigenvalue weighted by Gasteiger charge is -2.19. The van der Waals surface area contributed by atoms with Crippen LogP contribution in [0.4, 0.5) is 0 Å². The molecule has 1 N–H and O–H groups in total. The Kier molecular flexibility index (Phi) is 8.40. The highest BCUT2D eigenvalue weighted by Gasteiger charge is 2.22. The number of pyridine rings is 1. The van der Waals surface area contributed by atoms with Gasteiger partial charge in [-0.25, -0.2) is 14.5 Å². The molecule has 2 aromatic heterocycles. The molecule has 0 unspecified atom stereocenters. The molecule has 0 atom stereocenters. The predicted octanol–water partition coefficient (Wildman–Crippen LogP) is 5.78. The van der Waals surface area contributed by atoms with Crippen LogP contribution in [0.15, 0.2) is 42.6 Å². The number of carbonyl (C=O) groups is 2. The van der Waals surface area contributed by atoms with E-state index in [4.69, 9.17) is 0 Å². The van der Waals surface area contributed by atoms with Gasteiger partial charge in [0.25, 0.3) is 0 Å². The van der Waals surface area contributed by atoms with Gasteiger partial charge in [-0.1, -0.05) is 69.7 Å². The minimum absolute atomic E-state index is 0.0629. The number of hydrogen-bond acceptors (Lipinski definition) is 5. The highest BCUT2D eigenvalue weighted by Crippen LogP contribution is 2.27. The van der Waals surface area contributed by atoms with E-state index in [-0.39, 0.29) is 11.3 Å². The van der Waals surface area contributed by atoms with Crippen molar-refractivity contribution in [3.63, 3.8) is 0 Å². The number of ketones is 1. The van der Waals surface area contributed by atoms with Crippen molar-refractivity contribution >= 4 is 11.8 Å². The number of nitrogens with zero attached hydrogens (tertiary/aromatic N) is 4. The summed E-state index contributed by atoms with van der Waals surface area (Å²) in [5.41, 5.74) is 2.56. The Morgan fingerprint density at radius 1 is 1.06 bits per heavy atom. The molecular formula is C28H34N4O3. The summed E-state index contributed by atoms with van der Waals surface area (Å²) in [6, 6.07) is 10.8. The highest BCUT2D eigenvalue weighted by molar-refractivity contribution is 5.95. The fraction of sp³-hybridized carbons (Fsp3) is 0.464. The lowest BCUT2D eigenvalue weighted by molar-refractivity contribution is 0.0697. The van der Waals surface area contributed by atoms with Crippen LogP contribution in [0.1, 0.15) is 90.8 Å². The summed E-state index contributed by atoms with van der Waals surface area (Å²) < 4.78 is 1.87. The number of aromatic carboxylic acids is 1. The summed E-state index contributed by atoms with van der Waals surface area (Å²) in [6.07, 6.45) is 11.8. The minimum Gasteiger partial charge on any atom is -0.478 e. The van der Waals surface area contributed by atoms with E-state index < -0.39 is 5.97 Å². The van der Waals surface area contributed by atoms with Gasteiger partial charge in [0.05, 0.1) is 5.56 Å². The molecule has 0 spiro atoms. The van der Waals surface area contributed by atoms with Crippen molar-refractivity contribution in [3.05, 3.63) is 65.5 Å². The fourth-order valence-corrected chi connectivity index (χ4v) is 4.81. The van der Waals surface area contributed by atoms with Crippen LogP contribution in [0, 0.1) is 5.92 Å². The molecule has 0 radical (unpaired) electrons. The summed E-state index contributed by atoms with van der Waals surface area (Å²) in [5, 5.41) is 14.1. The second kappa shape index (κ2) is 11.9. The van der Waals surface area contributed by atoms with Crippen LogP contribution in [0.2, 0.25) is 0 Å². The molecule has 2 heterocycles. The second-order valence-electron chi connectivity index (χ2n) is 9.45. The first-order valence-electron chi connectivity index (χ1n) is 12.8. The second-order valence-corrected chi connectivity index (χ2v) is 9.45. The number of unbranched alkanes of at least 4 members (excludes halogenated alkanes) is 1. The van der Waals surface area contributed by atoms with Crippen molar-refractivity contribution in [2.45, 2.75) is 77.7 Å². The Labute approximate surface area is 206 Å². The zero-order valence-electron chi connectivity index (χ0n) is 20.4. The molecule has 1 saturated carbocycles. The smallest absolute Gasteiger partial charge is 0.336 e. The van der Waals surface area contributed by atoms with E-state index in [2.05, 4.69) is 22.0 Å². The Balaban J connectivity index is 1.44. The SMILES string of the molecule is CCCCc1nc(C(=O)CC2CCCCC2)nn1CCc1ccc(-c2ccccc2C(=O)O)cn1. The van der Waals surface area contributed by atoms with Gasteiger partial charge in [-0.2, -0.15) is 0 Å². The van der Waals surface area contributed by atoms with E-state index in [1.807, 2.05) is 22.9 Å². The van der Waals surface area contributed by atoms with Crippen molar-refractivity contribution in [1.82, 2.24) is 19.7 Å². The molecule has 1 aliphatic rings. The molecule has 1 fully saturated rings. The number of rotatable bonds is 11. The molecule has 1 aromatic carbocycles. The predicted molar refractivity (Wildman–Crippen MR) is 134 cm³/mol. The molecule has 4 rings (SSSR count). The van der Waals surface area contributed by atoms with E-state index in [0.717, 1.165) is 49.2 Å². The third kappa shape index (κ3) is 6.41. The number of carboxylic acid groups (broad SMARTS) is 1. The summed E-state index contributed by atoms with van der Waals surface area (Å²) in [5.74, 6) is 0.801. The van der Waals surface area contributed by atoms with E-state index >= 15 is 0 Å². The average molecular weight is 475 g/mol. The van der Waals surface area contributed by atoms with Gasteiger partial charge < -0.3 is 5.11 Å². The van der Waals surface area contributed by atoms with E-state index in [9.17, 15) is 14.7 Å². The zero-order valence-corrected chi connectivity index (χ0v) is 20.4. The first-order valence-corrected chi connectivity index (χ1v) is 12.8. The summed E-state index contributed by atoms with van der Waals surface area (Å²) >= 11 is 0. The monoisotopic (exact) mass is 474 g/mol. The third-order valence-electron chi connectivity index (χ3n) is 6.82. The Morgan fingerprint density at radius 3 is 2.57 bits per heavy atom. The van der Waals surface area contributed by atoms with Gasteiger partial charge in [-0.3, -0.25) is 9.78 Å². The molecule has 35 heavy (non-hydrogen) atoms. The standard InChI is InChI=1S/C28H34N4O3/c1-2-3-13-26-30-27(25(33)18-20-9-5-4-6-10-20)31-32(26)17-16-22-15-14-21(19-29-22)23-11-7-8-12-24(23)28(34)35/h7-8,11-12,14-15,19-20H,2-6,9-10,13,16-18H2,1H3,(H,34,35). The van der Waals surface area contributed by atoms with Crippen LogP contribution in [0.3, 0.4) is 0 Å². The van der Waals surface area contributed by atoms with Crippen LogP contribution < -0.4 is 0 Å². The fourth-order valence-electron chi connectivity index (χ4n) is 4.81. The molecule has 0 aliphatic heterocycles. The Bertz CT molecular complexity index is 1150. The molecule has 184 valence electrons. The maximum absolute atomic E-state index is 12.9. The molecular weight excluding hydrogens is 440 g/mol. The van der Waals surface area contributed by atoms with Gasteiger partial charge in [0, 0.05) is 43.3 Å². The quantitative estimate of drug-likeness (QED) is 0.354. The maximum Gasteiger partial charge on any atom is 0.336 e. The van der Waals surface area contributed by atoms with Crippen molar-refractivity contribution in [2.75, 3.05) is 0 Å². The van der Waals surface area contributed by atoms with Gasteiger partial charge in [-0.05, 0) is 30.0 Å². The van der Waals surface area contributed by atoms with Crippen LogP contribution in [-0.2, 0) is 19.4 Å². The van der Waals surface area contributed by atoms with Crippen LogP contribution >= 0.6 is 0 Å². The van der Waals surface area contributed by atoms with Gasteiger partial charge in [0.1, 0.15) is 5.82 Å². The van der Waals surface area contributed by atoms with Gasteiger partial charge in [0.15, 0.2) is 0 Å². The molecule has 0 bridgehead atoms. The van der Waals surface area contributed by atoms with Crippen LogP contribution in [-0.4, -0.2) is 36.6 Å². The topological polar surface area (TPSA) is 98.0 Å². The number of carboxylic acids is 1. The Morgan fingerprint density at radius 2 is 1.86 bits per heavy atom. The molecule has 7 heteroatoms. The third-order valence-corrected chi connectivity index (χ3v) is 6.82. The first-order chi connectivity index (χ1) is 17.0. The van der Waals surface area contributed by atoms with E-state index in [0.29, 0.717) is 36.7 Å². The van der Waals surface area contributed by atoms with Crippen LogP contribution in [0.5, 0.6) is 0 Å². The molecule has 3 aromatic rings. The van der Waals surface area contributed by atoms with Gasteiger partial charge in [0.2, 0.25) is 11.6 Å². The summed E-state index contributed by atoms with van der Waals surface area (Å²) in [6.45, 7) is 2.74. The van der Waals surface area contributed by atoms with E-state index in [1.54, 1.807) is 24.4 Å². The Hall–Kier alpha value is -3.35. The maximum atomic E-state index is 12.9. The van der Waals surface area contributed by atoms with Gasteiger partial charge in [-0.15, -0.1) is 5.10 Å². The lowest BCUT2D eigenvalue weighted by Crippen LogP contribution is -2.14. The summed E-state index contributed by atoms with van der Waals surface area (Å²) in [7, 11) is 0. The summed E-state index contributed by atoms with van der Waals surface area (Å²) in [4.78, 5) is 33.6. The van der Waals surface area contributed by atoms with Crippen molar-refractivity contribution in [3.8, 4) is 11.1 Å². The molecule has 0 saturated heterocycles. The minimum atomic E-state index is -0.954. The number of aryl methyl sites for hydroxylation is 3. The largest absolute Gasteiger partial charge is 0.478 e. The normalized spacial score (nSPS) is 14.2. The average Bonchev–Trinajstić information content (AvgIpc) is 3.30. The number of Topliss-reactive ketones (excluding diaryl/α,β-unsaturated/α-hetero) is 1. The molecule has 1 aliphatic carbocycles. The lowest BCUT2D eigenvalue weighted by atomic mass is 9.86.